The van der Waals surface area contributed by atoms with Gasteiger partial charge < -0.3 is 9.26 Å². The zero-order valence-corrected chi connectivity index (χ0v) is 13.0. The lowest BCUT2D eigenvalue weighted by molar-refractivity contribution is -0.145. The van der Waals surface area contributed by atoms with E-state index in [0.717, 1.165) is 12.8 Å². The van der Waals surface area contributed by atoms with E-state index in [9.17, 15) is 4.79 Å². The van der Waals surface area contributed by atoms with Crippen LogP contribution in [0.4, 0.5) is 0 Å². The smallest absolute Gasteiger partial charge is 0.306 e. The van der Waals surface area contributed by atoms with Crippen molar-refractivity contribution in [2.24, 2.45) is 11.8 Å². The van der Waals surface area contributed by atoms with Gasteiger partial charge in [0.2, 0.25) is 5.89 Å². The number of allylic oxidation sites excluding steroid dienone is 2. The second-order valence-corrected chi connectivity index (χ2v) is 6.06. The average Bonchev–Trinajstić information content (AvgIpc) is 2.93. The fourth-order valence-corrected chi connectivity index (χ4v) is 2.32. The van der Waals surface area contributed by atoms with E-state index < -0.39 is 0 Å². The zero-order valence-electron chi connectivity index (χ0n) is 13.0. The first kappa shape index (κ1) is 15.7. The van der Waals surface area contributed by atoms with E-state index in [2.05, 4.69) is 29.2 Å². The number of carbonyl (C=O) groups excluding carboxylic acids is 1. The molecule has 1 heterocycles. The fourth-order valence-electron chi connectivity index (χ4n) is 2.32. The minimum atomic E-state index is -0.193. The molecule has 0 saturated heterocycles. The molecular formula is C16H24N2O3. The molecule has 0 N–H and O–H groups in total. The van der Waals surface area contributed by atoms with Crippen LogP contribution in [0.25, 0.3) is 0 Å². The van der Waals surface area contributed by atoms with Gasteiger partial charge in [-0.2, -0.15) is 4.98 Å². The van der Waals surface area contributed by atoms with Gasteiger partial charge in [-0.15, -0.1) is 0 Å². The van der Waals surface area contributed by atoms with Crippen molar-refractivity contribution in [1.29, 1.82) is 0 Å². The molecule has 0 aromatic carbocycles. The Bertz CT molecular complexity index is 493. The van der Waals surface area contributed by atoms with Gasteiger partial charge in [0.1, 0.15) is 0 Å². The van der Waals surface area contributed by atoms with E-state index in [1.165, 1.54) is 0 Å². The van der Waals surface area contributed by atoms with Crippen LogP contribution in [-0.4, -0.2) is 22.7 Å². The molecule has 116 valence electrons. The molecule has 1 aromatic rings. The predicted molar refractivity (Wildman–Crippen MR) is 78.7 cm³/mol. The van der Waals surface area contributed by atoms with Crippen LogP contribution in [0.15, 0.2) is 16.7 Å². The van der Waals surface area contributed by atoms with Crippen molar-refractivity contribution in [2.75, 3.05) is 6.61 Å². The van der Waals surface area contributed by atoms with Gasteiger partial charge in [-0.3, -0.25) is 4.79 Å². The van der Waals surface area contributed by atoms with Crippen LogP contribution >= 0.6 is 0 Å². The van der Waals surface area contributed by atoms with Crippen molar-refractivity contribution in [2.45, 2.75) is 52.4 Å². The standard InChI is InChI=1S/C16H24N2O3/c1-11(2)16-17-14(21-18-16)8-9-15(19)20-10-13-7-5-4-6-12(13)3/h4-5,11-13H,6-10H2,1-3H3. The molecule has 0 spiro atoms. The van der Waals surface area contributed by atoms with Crippen LogP contribution in [0.3, 0.4) is 0 Å². The lowest BCUT2D eigenvalue weighted by Gasteiger charge is -2.24. The Kier molecular flexibility index (Phi) is 5.53. The van der Waals surface area contributed by atoms with E-state index in [1.54, 1.807) is 0 Å². The van der Waals surface area contributed by atoms with Crippen LogP contribution in [0, 0.1) is 11.8 Å². The molecular weight excluding hydrogens is 268 g/mol. The molecule has 0 amide bonds. The van der Waals surface area contributed by atoms with Gasteiger partial charge in [0, 0.05) is 12.3 Å². The van der Waals surface area contributed by atoms with Crippen molar-refractivity contribution < 1.29 is 14.1 Å². The Balaban J connectivity index is 1.70. The minimum absolute atomic E-state index is 0.193. The number of nitrogens with zero attached hydrogens (tertiary/aromatic N) is 2. The summed E-state index contributed by atoms with van der Waals surface area (Å²) in [4.78, 5) is 16.0. The molecule has 1 aromatic heterocycles. The molecule has 2 atom stereocenters. The van der Waals surface area contributed by atoms with E-state index in [4.69, 9.17) is 9.26 Å². The SMILES string of the molecule is CC(C)c1noc(CCC(=O)OCC2CC=CCC2C)n1. The maximum Gasteiger partial charge on any atom is 0.306 e. The third kappa shape index (κ3) is 4.69. The van der Waals surface area contributed by atoms with Crippen molar-refractivity contribution in [3.05, 3.63) is 23.9 Å². The molecule has 0 saturated carbocycles. The lowest BCUT2D eigenvalue weighted by Crippen LogP contribution is -2.21. The lowest BCUT2D eigenvalue weighted by atomic mass is 9.85. The summed E-state index contributed by atoms with van der Waals surface area (Å²) >= 11 is 0. The summed E-state index contributed by atoms with van der Waals surface area (Å²) in [5.74, 6) is 2.24. The van der Waals surface area contributed by atoms with Crippen LogP contribution in [0.1, 0.15) is 57.7 Å². The third-order valence-corrected chi connectivity index (χ3v) is 3.92. The number of hydrogen-bond acceptors (Lipinski definition) is 5. The van der Waals surface area contributed by atoms with Gasteiger partial charge in [0.05, 0.1) is 13.0 Å². The predicted octanol–water partition coefficient (Wildman–Crippen LogP) is 3.27. The molecule has 5 heteroatoms. The second kappa shape index (κ2) is 7.38. The summed E-state index contributed by atoms with van der Waals surface area (Å²) in [6.45, 7) is 6.71. The highest BCUT2D eigenvalue weighted by Gasteiger charge is 2.20. The van der Waals surface area contributed by atoms with Gasteiger partial charge in [-0.05, 0) is 24.7 Å². The monoisotopic (exact) mass is 292 g/mol. The zero-order chi connectivity index (χ0) is 15.2. The number of hydrogen-bond donors (Lipinski definition) is 0. The second-order valence-electron chi connectivity index (χ2n) is 6.06. The molecule has 2 rings (SSSR count). The van der Waals surface area contributed by atoms with Gasteiger partial charge in [0.15, 0.2) is 5.82 Å². The van der Waals surface area contributed by atoms with E-state index in [-0.39, 0.29) is 18.3 Å². The Labute approximate surface area is 125 Å². The van der Waals surface area contributed by atoms with E-state index >= 15 is 0 Å². The van der Waals surface area contributed by atoms with Crippen LogP contribution in [0.2, 0.25) is 0 Å². The highest BCUT2D eigenvalue weighted by molar-refractivity contribution is 5.69. The Morgan fingerprint density at radius 3 is 2.86 bits per heavy atom. The number of rotatable bonds is 6. The molecule has 0 aliphatic heterocycles. The topological polar surface area (TPSA) is 65.2 Å². The number of aryl methyl sites for hydroxylation is 1. The summed E-state index contributed by atoms with van der Waals surface area (Å²) in [7, 11) is 0. The minimum Gasteiger partial charge on any atom is -0.465 e. The van der Waals surface area contributed by atoms with Crippen LogP contribution < -0.4 is 0 Å². The van der Waals surface area contributed by atoms with Crippen molar-refractivity contribution in [1.82, 2.24) is 10.1 Å². The molecule has 0 bridgehead atoms. The first-order chi connectivity index (χ1) is 10.1. The number of carbonyl (C=O) groups is 1. The van der Waals surface area contributed by atoms with Gasteiger partial charge in [-0.1, -0.05) is 38.1 Å². The summed E-state index contributed by atoms with van der Waals surface area (Å²) in [6.07, 6.45) is 7.17. The maximum atomic E-state index is 11.8. The van der Waals surface area contributed by atoms with Crippen LogP contribution in [-0.2, 0) is 16.0 Å². The molecule has 1 aliphatic rings. The third-order valence-electron chi connectivity index (χ3n) is 3.92. The number of aromatic nitrogens is 2. The largest absolute Gasteiger partial charge is 0.465 e. The van der Waals surface area contributed by atoms with Crippen LogP contribution in [0.5, 0.6) is 0 Å². The Morgan fingerprint density at radius 2 is 2.19 bits per heavy atom. The molecule has 0 radical (unpaired) electrons. The molecule has 0 fully saturated rings. The normalized spacial score (nSPS) is 21.7. The van der Waals surface area contributed by atoms with Gasteiger partial charge in [-0.25, -0.2) is 0 Å². The first-order valence-corrected chi connectivity index (χ1v) is 7.69. The summed E-state index contributed by atoms with van der Waals surface area (Å²) < 4.78 is 10.5. The molecule has 21 heavy (non-hydrogen) atoms. The highest BCUT2D eigenvalue weighted by Crippen LogP contribution is 2.25. The van der Waals surface area contributed by atoms with E-state index in [1.807, 2.05) is 13.8 Å². The highest BCUT2D eigenvalue weighted by atomic mass is 16.5. The first-order valence-electron chi connectivity index (χ1n) is 7.69. The van der Waals surface area contributed by atoms with Crippen molar-refractivity contribution in [3.63, 3.8) is 0 Å². The Morgan fingerprint density at radius 1 is 1.43 bits per heavy atom. The fraction of sp³-hybridized carbons (Fsp3) is 0.688. The quantitative estimate of drug-likeness (QED) is 0.594. The summed E-state index contributed by atoms with van der Waals surface area (Å²) in [5, 5.41) is 3.88. The van der Waals surface area contributed by atoms with E-state index in [0.29, 0.717) is 36.6 Å². The number of ether oxygens (including phenoxy) is 1. The van der Waals surface area contributed by atoms with Crippen molar-refractivity contribution >= 4 is 5.97 Å². The maximum absolute atomic E-state index is 11.8. The van der Waals surface area contributed by atoms with Crippen molar-refractivity contribution in [3.8, 4) is 0 Å². The molecule has 2 unspecified atom stereocenters. The van der Waals surface area contributed by atoms with Gasteiger partial charge >= 0.3 is 5.97 Å². The molecule has 5 nitrogen and oxygen atoms in total. The summed E-state index contributed by atoms with van der Waals surface area (Å²) in [6, 6.07) is 0. The summed E-state index contributed by atoms with van der Waals surface area (Å²) in [5.41, 5.74) is 0. The Hall–Kier alpha value is -1.65. The number of esters is 1. The van der Waals surface area contributed by atoms with Gasteiger partial charge in [0.25, 0.3) is 0 Å². The molecule has 1 aliphatic carbocycles. The average molecular weight is 292 g/mol.